The number of nitrogens with two attached hydrogens (primary N) is 1. The van der Waals surface area contributed by atoms with Crippen molar-refractivity contribution in [2.75, 3.05) is 0 Å². The molecular formula is C48H90N8O9. The van der Waals surface area contributed by atoms with Crippen LogP contribution in [0.4, 0.5) is 0 Å². The molecule has 7 amide bonds. The van der Waals surface area contributed by atoms with Crippen molar-refractivity contribution in [3.63, 3.8) is 0 Å². The molecule has 0 rings (SSSR count). The van der Waals surface area contributed by atoms with Crippen LogP contribution in [-0.4, -0.2) is 101 Å². The van der Waals surface area contributed by atoms with Crippen LogP contribution in [0, 0.1) is 47.3 Å². The zero-order valence-corrected chi connectivity index (χ0v) is 42.7. The summed E-state index contributed by atoms with van der Waals surface area (Å²) in [6.45, 7) is 29.3. The Kier molecular flexibility index (Phi) is 28.1. The van der Waals surface area contributed by atoms with Crippen LogP contribution in [-0.2, 0) is 38.4 Å². The van der Waals surface area contributed by atoms with Crippen molar-refractivity contribution in [1.82, 2.24) is 37.2 Å². The quantitative estimate of drug-likeness (QED) is 0.0479. The third-order valence-corrected chi connectivity index (χ3v) is 14.1. The predicted octanol–water partition coefficient (Wildman–Crippen LogP) is 4.16. The van der Waals surface area contributed by atoms with Gasteiger partial charge in [0.25, 0.3) is 0 Å². The zero-order valence-electron chi connectivity index (χ0n) is 42.7. The average molecular weight is 923 g/mol. The van der Waals surface area contributed by atoms with Gasteiger partial charge in [-0.05, 0) is 47.3 Å². The Bertz CT molecular complexity index is 1550. The Morgan fingerprint density at radius 3 is 0.631 bits per heavy atom. The molecule has 65 heavy (non-hydrogen) atoms. The summed E-state index contributed by atoms with van der Waals surface area (Å²) in [7, 11) is 0. The maximum absolute atomic E-state index is 14.3. The van der Waals surface area contributed by atoms with Crippen molar-refractivity contribution in [3.05, 3.63) is 0 Å². The third-order valence-electron chi connectivity index (χ3n) is 14.1. The van der Waals surface area contributed by atoms with Crippen LogP contribution in [0.15, 0.2) is 0 Å². The van der Waals surface area contributed by atoms with Crippen LogP contribution in [0.3, 0.4) is 0 Å². The highest BCUT2D eigenvalue weighted by Crippen LogP contribution is 2.19. The molecule has 0 saturated heterocycles. The van der Waals surface area contributed by atoms with Crippen LogP contribution in [0.1, 0.15) is 162 Å². The van der Waals surface area contributed by atoms with Crippen LogP contribution in [0.5, 0.6) is 0 Å². The monoisotopic (exact) mass is 923 g/mol. The minimum Gasteiger partial charge on any atom is -0.480 e. The maximum Gasteiger partial charge on any atom is 0.326 e. The van der Waals surface area contributed by atoms with E-state index in [0.29, 0.717) is 51.4 Å². The van der Waals surface area contributed by atoms with E-state index in [1.165, 1.54) is 0 Å². The number of nitrogens with one attached hydrogen (secondary N) is 7. The SMILES string of the molecule is CC[C@H](C)[C@H](N)C(=O)N[C@H](C(=O)N[C@H](C(=O)N[C@H](C(=O)N[C@H](C(=O)N[C@H](C(=O)N[C@H](C(=O)N[C@H](C(=O)O)[C@@H](C)CC)[C@@H](C)CC)[C@@H](C)CC)[C@@H](C)CC)[C@@H](C)CC)[C@@H](C)CC)[C@@H](C)CC. The van der Waals surface area contributed by atoms with E-state index in [-0.39, 0.29) is 29.6 Å². The minimum absolute atomic E-state index is 0.118. The zero-order chi connectivity index (χ0) is 50.5. The fourth-order valence-corrected chi connectivity index (χ4v) is 7.11. The highest BCUT2D eigenvalue weighted by Gasteiger charge is 2.40. The molecule has 0 radical (unpaired) electrons. The first-order valence-corrected chi connectivity index (χ1v) is 24.5. The molecule has 0 aliphatic carbocycles. The lowest BCUT2D eigenvalue weighted by molar-refractivity contribution is -0.144. The van der Waals surface area contributed by atoms with E-state index in [4.69, 9.17) is 5.73 Å². The molecule has 0 spiro atoms. The van der Waals surface area contributed by atoms with Crippen molar-refractivity contribution in [2.45, 2.75) is 210 Å². The molecule has 17 nitrogen and oxygen atoms in total. The van der Waals surface area contributed by atoms with Gasteiger partial charge >= 0.3 is 5.97 Å². The second-order valence-electron chi connectivity index (χ2n) is 18.9. The summed E-state index contributed by atoms with van der Waals surface area (Å²) >= 11 is 0. The van der Waals surface area contributed by atoms with Crippen molar-refractivity contribution in [2.24, 2.45) is 53.1 Å². The fourth-order valence-electron chi connectivity index (χ4n) is 7.11. The van der Waals surface area contributed by atoms with Crippen LogP contribution in [0.2, 0.25) is 0 Å². The first-order valence-electron chi connectivity index (χ1n) is 24.5. The highest BCUT2D eigenvalue weighted by molar-refractivity contribution is 5.98. The Labute approximate surface area is 390 Å². The third kappa shape index (κ3) is 18.5. The first-order chi connectivity index (χ1) is 30.4. The summed E-state index contributed by atoms with van der Waals surface area (Å²) in [6.07, 6.45) is 4.15. The molecule has 10 N–H and O–H groups in total. The molecule has 376 valence electrons. The normalized spacial score (nSPS) is 18.9. The summed E-state index contributed by atoms with van der Waals surface area (Å²) in [5.41, 5.74) is 6.20. The molecular weight excluding hydrogens is 833 g/mol. The molecule has 0 aromatic rings. The van der Waals surface area contributed by atoms with E-state index in [0.717, 1.165) is 0 Å². The lowest BCUT2D eigenvalue weighted by atomic mass is 9.91. The lowest BCUT2D eigenvalue weighted by Crippen LogP contribution is -2.63. The van der Waals surface area contributed by atoms with E-state index < -0.39 is 113 Å². The Hall–Kier alpha value is -4.28. The average Bonchev–Trinajstić information content (AvgIpc) is 3.30. The molecule has 0 fully saturated rings. The van der Waals surface area contributed by atoms with Gasteiger partial charge in [0.2, 0.25) is 41.4 Å². The van der Waals surface area contributed by atoms with Crippen molar-refractivity contribution >= 4 is 47.3 Å². The van der Waals surface area contributed by atoms with Gasteiger partial charge in [-0.1, -0.05) is 162 Å². The molecule has 16 atom stereocenters. The molecule has 0 heterocycles. The van der Waals surface area contributed by atoms with Crippen LogP contribution in [0.25, 0.3) is 0 Å². The molecule has 0 aromatic carbocycles. The molecule has 0 unspecified atom stereocenters. The molecule has 17 heteroatoms. The van der Waals surface area contributed by atoms with Gasteiger partial charge in [-0.2, -0.15) is 0 Å². The minimum atomic E-state index is -1.18. The molecule has 0 aliphatic rings. The number of aliphatic carboxylic acids is 1. The van der Waals surface area contributed by atoms with Gasteiger partial charge in [0.15, 0.2) is 0 Å². The maximum atomic E-state index is 14.3. The topological polar surface area (TPSA) is 267 Å². The number of carbonyl (C=O) groups is 8. The second-order valence-corrected chi connectivity index (χ2v) is 18.9. The number of carboxylic acid groups (broad SMARTS) is 1. The smallest absolute Gasteiger partial charge is 0.326 e. The summed E-state index contributed by atoms with van der Waals surface area (Å²) in [6, 6.07) is -8.51. The van der Waals surface area contributed by atoms with E-state index >= 15 is 0 Å². The molecule has 0 aromatic heterocycles. The van der Waals surface area contributed by atoms with Crippen molar-refractivity contribution in [1.29, 1.82) is 0 Å². The Morgan fingerprint density at radius 2 is 0.462 bits per heavy atom. The number of rotatable bonds is 31. The number of carboxylic acids is 1. The molecule has 0 saturated carbocycles. The van der Waals surface area contributed by atoms with Crippen LogP contribution >= 0.6 is 0 Å². The van der Waals surface area contributed by atoms with Gasteiger partial charge in [0, 0.05) is 0 Å². The number of hydrogen-bond donors (Lipinski definition) is 9. The fraction of sp³-hybridized carbons (Fsp3) is 0.833. The summed E-state index contributed by atoms with van der Waals surface area (Å²) < 4.78 is 0. The largest absolute Gasteiger partial charge is 0.480 e. The van der Waals surface area contributed by atoms with Gasteiger partial charge in [-0.3, -0.25) is 33.6 Å². The van der Waals surface area contributed by atoms with Crippen molar-refractivity contribution < 1.29 is 43.5 Å². The van der Waals surface area contributed by atoms with Gasteiger partial charge in [0.1, 0.15) is 42.3 Å². The van der Waals surface area contributed by atoms with E-state index in [1.807, 2.05) is 76.2 Å². The van der Waals surface area contributed by atoms with Crippen molar-refractivity contribution in [3.8, 4) is 0 Å². The standard InChI is InChI=1S/C48H90N8O9/c1-17-25(9)33(49)41(57)50-34(26(10)18-2)42(58)51-35(27(11)19-3)43(59)52-36(28(12)20-4)44(60)53-37(29(13)21-5)45(61)54-38(30(14)22-6)46(62)55-39(31(15)23-7)47(63)56-40(48(64)65)32(16)24-8/h25-40H,17-24,49H2,1-16H3,(H,50,57)(H,51,58)(H,52,59)(H,53,60)(H,54,61)(H,55,62)(H,56,63)(H,64,65)/t25-,26-,27-,28-,29-,30-,31-,32-,33-,34-,35-,36-,37-,38-,39-,40-/m0/s1. The summed E-state index contributed by atoms with van der Waals surface area (Å²) in [5.74, 6) is -8.10. The van der Waals surface area contributed by atoms with Gasteiger partial charge < -0.3 is 48.1 Å². The summed E-state index contributed by atoms with van der Waals surface area (Å²) in [5, 5.41) is 29.5. The Morgan fingerprint density at radius 1 is 0.308 bits per heavy atom. The second kappa shape index (κ2) is 30.1. The molecule has 0 bridgehead atoms. The van der Waals surface area contributed by atoms with E-state index in [2.05, 4.69) is 37.2 Å². The number of carbonyl (C=O) groups excluding carboxylic acids is 7. The first kappa shape index (κ1) is 60.7. The highest BCUT2D eigenvalue weighted by atomic mass is 16.4. The summed E-state index contributed by atoms with van der Waals surface area (Å²) in [4.78, 5) is 110. The predicted molar refractivity (Wildman–Crippen MR) is 255 cm³/mol. The number of hydrogen-bond acceptors (Lipinski definition) is 9. The van der Waals surface area contributed by atoms with E-state index in [9.17, 15) is 43.5 Å². The number of amides is 7. The lowest BCUT2D eigenvalue weighted by Gasteiger charge is -2.33. The van der Waals surface area contributed by atoms with Crippen LogP contribution < -0.4 is 43.0 Å². The van der Waals surface area contributed by atoms with Gasteiger partial charge in [0.05, 0.1) is 6.04 Å². The van der Waals surface area contributed by atoms with E-state index in [1.54, 1.807) is 34.6 Å². The van der Waals surface area contributed by atoms with Gasteiger partial charge in [-0.15, -0.1) is 0 Å². The Balaban J connectivity index is 6.69. The van der Waals surface area contributed by atoms with Gasteiger partial charge in [-0.25, -0.2) is 4.79 Å². The molecule has 0 aliphatic heterocycles.